The lowest BCUT2D eigenvalue weighted by Crippen LogP contribution is -2.57. The molecule has 1 aliphatic carbocycles. The third-order valence-electron chi connectivity index (χ3n) is 7.65. The molecular weight excluding hydrogens is 628 g/mol. The number of hydrogen-bond acceptors (Lipinski definition) is 7. The van der Waals surface area contributed by atoms with Gasteiger partial charge in [0, 0.05) is 22.5 Å². The molecule has 1 aromatic rings. The van der Waals surface area contributed by atoms with Crippen LogP contribution in [0, 0.1) is 5.92 Å². The van der Waals surface area contributed by atoms with Gasteiger partial charge in [-0.15, -0.1) is 0 Å². The van der Waals surface area contributed by atoms with Gasteiger partial charge in [-0.05, 0) is 83.9 Å². The molecule has 42 heavy (non-hydrogen) atoms. The molecule has 0 unspecified atom stereocenters. The van der Waals surface area contributed by atoms with Gasteiger partial charge in [0.1, 0.15) is 11.6 Å². The zero-order valence-corrected chi connectivity index (χ0v) is 26.6. The largest absolute Gasteiger partial charge is 0.436 e. The maximum absolute atomic E-state index is 13.7. The van der Waals surface area contributed by atoms with Gasteiger partial charge in [-0.25, -0.2) is 17.9 Å². The van der Waals surface area contributed by atoms with Gasteiger partial charge in [-0.2, -0.15) is 0 Å². The molecule has 230 valence electrons. The van der Waals surface area contributed by atoms with Crippen molar-refractivity contribution < 1.29 is 32.3 Å². The fourth-order valence-electron chi connectivity index (χ4n) is 5.41. The number of nitrogens with zero attached hydrogens (tertiary/aromatic N) is 1. The summed E-state index contributed by atoms with van der Waals surface area (Å²) in [7, 11) is -4.21. The first-order valence-electron chi connectivity index (χ1n) is 14.3. The molecule has 1 saturated carbocycles. The van der Waals surface area contributed by atoms with E-state index < -0.39 is 63.0 Å². The second-order valence-electron chi connectivity index (χ2n) is 12.2. The molecule has 0 spiro atoms. The summed E-state index contributed by atoms with van der Waals surface area (Å²) in [6, 6.07) is 5.10. The Morgan fingerprint density at radius 3 is 2.60 bits per heavy atom. The molecule has 11 nitrogen and oxygen atoms in total. The van der Waals surface area contributed by atoms with Crippen molar-refractivity contribution in [1.29, 1.82) is 0 Å². The van der Waals surface area contributed by atoms with Crippen LogP contribution in [0.5, 0.6) is 0 Å². The number of rotatable bonds is 4. The Hall–Kier alpha value is -2.93. The van der Waals surface area contributed by atoms with Gasteiger partial charge in [0.05, 0.1) is 4.90 Å². The van der Waals surface area contributed by atoms with Crippen molar-refractivity contribution in [1.82, 2.24) is 20.3 Å². The first kappa shape index (κ1) is 32.0. The summed E-state index contributed by atoms with van der Waals surface area (Å²) in [4.78, 5) is 54.7. The molecule has 1 aromatic carbocycles. The maximum Gasteiger partial charge on any atom is 0.408 e. The summed E-state index contributed by atoms with van der Waals surface area (Å²) in [6.07, 6.45) is 6.48. The molecule has 1 saturated heterocycles. The Bertz CT molecular complexity index is 1360. The topological polar surface area (TPSA) is 151 Å². The average molecular weight is 668 g/mol. The lowest BCUT2D eigenvalue weighted by molar-refractivity contribution is -0.146. The smallest absolute Gasteiger partial charge is 0.408 e. The first-order valence-corrected chi connectivity index (χ1v) is 16.6. The lowest BCUT2D eigenvalue weighted by atomic mass is 10.1. The highest BCUT2D eigenvalue weighted by Crippen LogP contribution is 2.46. The highest BCUT2D eigenvalue weighted by Gasteiger charge is 2.61. The summed E-state index contributed by atoms with van der Waals surface area (Å²) >= 11 is 3.24. The van der Waals surface area contributed by atoms with Crippen molar-refractivity contribution in [2.75, 3.05) is 6.54 Å². The SMILES string of the molecule is CC(C)(C)NC(=O)O[C@H]1CCCCCC=C[C@@H]2C[C@@]2(C(=O)NS(=O)(=O)c2cccc(Br)c2)NC(=O)[C@@H]2CCCN2C1=O. The van der Waals surface area contributed by atoms with E-state index in [9.17, 15) is 27.6 Å². The van der Waals surface area contributed by atoms with Gasteiger partial charge in [-0.3, -0.25) is 14.4 Å². The minimum absolute atomic E-state index is 0.0908. The number of carbonyl (C=O) groups excluding carboxylic acids is 4. The quantitative estimate of drug-likeness (QED) is 0.416. The summed E-state index contributed by atoms with van der Waals surface area (Å²) < 4.78 is 34.3. The van der Waals surface area contributed by atoms with Crippen molar-refractivity contribution in [3.63, 3.8) is 0 Å². The number of alkyl carbamates (subject to hydrolysis) is 1. The monoisotopic (exact) mass is 666 g/mol. The highest BCUT2D eigenvalue weighted by atomic mass is 79.9. The molecule has 13 heteroatoms. The zero-order valence-electron chi connectivity index (χ0n) is 24.2. The van der Waals surface area contributed by atoms with Gasteiger partial charge in [-0.1, -0.05) is 40.6 Å². The molecule has 3 N–H and O–H groups in total. The van der Waals surface area contributed by atoms with Gasteiger partial charge in [0.15, 0.2) is 6.10 Å². The first-order chi connectivity index (χ1) is 19.7. The van der Waals surface area contributed by atoms with E-state index >= 15 is 0 Å². The van der Waals surface area contributed by atoms with Crippen molar-refractivity contribution in [2.45, 2.75) is 100 Å². The summed E-state index contributed by atoms with van der Waals surface area (Å²) in [6.45, 7) is 5.73. The number of sulfonamides is 1. The second kappa shape index (κ2) is 12.7. The number of hydrogen-bond donors (Lipinski definition) is 3. The number of nitrogens with one attached hydrogen (secondary N) is 3. The zero-order chi connectivity index (χ0) is 30.7. The number of benzene rings is 1. The van der Waals surface area contributed by atoms with Crippen molar-refractivity contribution in [3.8, 4) is 0 Å². The van der Waals surface area contributed by atoms with E-state index in [1.54, 1.807) is 12.1 Å². The molecule has 0 aromatic heterocycles. The Labute approximate surface area is 255 Å². The number of amides is 4. The Kier molecular flexibility index (Phi) is 9.71. The minimum atomic E-state index is -4.21. The van der Waals surface area contributed by atoms with Crippen molar-refractivity contribution in [3.05, 3.63) is 40.9 Å². The highest BCUT2D eigenvalue weighted by molar-refractivity contribution is 9.10. The molecule has 3 aliphatic rings. The maximum atomic E-state index is 13.7. The van der Waals surface area contributed by atoms with E-state index in [-0.39, 0.29) is 11.3 Å². The van der Waals surface area contributed by atoms with E-state index in [4.69, 9.17) is 4.74 Å². The van der Waals surface area contributed by atoms with Gasteiger partial charge in [0.2, 0.25) is 5.91 Å². The minimum Gasteiger partial charge on any atom is -0.436 e. The fourth-order valence-corrected chi connectivity index (χ4v) is 7.04. The number of fused-ring (bicyclic) bond motifs is 2. The van der Waals surface area contributed by atoms with Crippen molar-refractivity contribution in [2.24, 2.45) is 5.92 Å². The van der Waals surface area contributed by atoms with E-state index in [0.29, 0.717) is 43.1 Å². The molecule has 2 aliphatic heterocycles. The van der Waals surface area contributed by atoms with Crippen LogP contribution in [0.15, 0.2) is 45.8 Å². The molecular formula is C29H39BrN4O7S. The average Bonchev–Trinajstić information content (AvgIpc) is 3.35. The van der Waals surface area contributed by atoms with E-state index in [1.165, 1.54) is 17.0 Å². The number of allylic oxidation sites excluding steroid dienone is 1. The van der Waals surface area contributed by atoms with Crippen LogP contribution >= 0.6 is 15.9 Å². The Morgan fingerprint density at radius 2 is 1.88 bits per heavy atom. The second-order valence-corrected chi connectivity index (χ2v) is 14.8. The normalized spacial score (nSPS) is 27.0. The molecule has 2 heterocycles. The van der Waals surface area contributed by atoms with Crippen LogP contribution in [-0.2, 0) is 29.1 Å². The van der Waals surface area contributed by atoms with Gasteiger partial charge in [0.25, 0.3) is 21.8 Å². The Balaban J connectivity index is 1.56. The number of carbonyl (C=O) groups is 4. The third kappa shape index (κ3) is 7.71. The molecule has 4 rings (SSSR count). The molecule has 4 amide bonds. The van der Waals surface area contributed by atoms with Crippen LogP contribution in [0.3, 0.4) is 0 Å². The predicted octanol–water partition coefficient (Wildman–Crippen LogP) is 3.53. The third-order valence-corrected chi connectivity index (χ3v) is 9.47. The number of ether oxygens (including phenoxy) is 1. The molecule has 4 atom stereocenters. The van der Waals surface area contributed by atoms with Crippen molar-refractivity contribution >= 4 is 49.8 Å². The summed E-state index contributed by atoms with van der Waals surface area (Å²) in [5, 5.41) is 5.52. The van der Waals surface area contributed by atoms with Crippen LogP contribution in [0.4, 0.5) is 4.79 Å². The number of halogens is 1. The van der Waals surface area contributed by atoms with Crippen LogP contribution < -0.4 is 15.4 Å². The van der Waals surface area contributed by atoms with Crippen LogP contribution in [0.2, 0.25) is 0 Å². The summed E-state index contributed by atoms with van der Waals surface area (Å²) in [5.74, 6) is -2.22. The van der Waals surface area contributed by atoms with Crippen LogP contribution in [-0.4, -0.2) is 66.9 Å². The predicted molar refractivity (Wildman–Crippen MR) is 159 cm³/mol. The standard InChI is InChI=1S/C29H39BrN4O7S/c1-28(2,3)32-27(38)41-23-15-8-6-4-5-7-11-19-18-29(19,31-24(35)22-14-10-16-34(22)25(23)36)26(37)33-42(39,40)21-13-9-12-20(30)17-21/h7,9,11-13,17,19,22-23H,4-6,8,10,14-16,18H2,1-3H3,(H,31,35)(H,32,38)(H,33,37)/t19-,22+,23+,29-/m1/s1. The van der Waals surface area contributed by atoms with E-state index in [0.717, 1.165) is 12.8 Å². The van der Waals surface area contributed by atoms with Crippen LogP contribution in [0.25, 0.3) is 0 Å². The molecule has 0 radical (unpaired) electrons. The van der Waals surface area contributed by atoms with E-state index in [2.05, 4.69) is 31.3 Å². The molecule has 2 fully saturated rings. The Morgan fingerprint density at radius 1 is 1.12 bits per heavy atom. The van der Waals surface area contributed by atoms with Gasteiger partial charge < -0.3 is 20.3 Å². The summed E-state index contributed by atoms with van der Waals surface area (Å²) in [5.41, 5.74) is -2.02. The van der Waals surface area contributed by atoms with Crippen LogP contribution in [0.1, 0.15) is 72.1 Å². The van der Waals surface area contributed by atoms with Gasteiger partial charge >= 0.3 is 6.09 Å². The lowest BCUT2D eigenvalue weighted by Gasteiger charge is -2.30. The molecule has 0 bridgehead atoms. The fraction of sp³-hybridized carbons (Fsp3) is 0.586. The van der Waals surface area contributed by atoms with E-state index in [1.807, 2.05) is 32.9 Å².